The Kier molecular flexibility index (Phi) is 3.26. The molecule has 22 heavy (non-hydrogen) atoms. The molecule has 4 rings (SSSR count). The van der Waals surface area contributed by atoms with Gasteiger partial charge in [-0.05, 0) is 0 Å². The van der Waals surface area contributed by atoms with E-state index in [2.05, 4.69) is 4.98 Å². The van der Waals surface area contributed by atoms with Crippen molar-refractivity contribution in [1.82, 2.24) is 8.55 Å². The van der Waals surface area contributed by atoms with Gasteiger partial charge in [0.2, 0.25) is 0 Å². The molecule has 0 atom stereocenters. The number of fused-ring (bicyclic) bond motifs is 1. The molecule has 0 unspecified atom stereocenters. The van der Waals surface area contributed by atoms with Crippen molar-refractivity contribution in [2.24, 2.45) is 0 Å². The van der Waals surface area contributed by atoms with Crippen molar-refractivity contribution in [3.8, 4) is 16.8 Å². The van der Waals surface area contributed by atoms with Gasteiger partial charge in [0.25, 0.3) is 0 Å². The molecule has 2 heterocycles. The number of rotatable bonds is 2. The van der Waals surface area contributed by atoms with E-state index in [1.165, 1.54) is 0 Å². The summed E-state index contributed by atoms with van der Waals surface area (Å²) in [5, 5.41) is 1.05. The van der Waals surface area contributed by atoms with Crippen LogP contribution in [0, 0.1) is 0 Å². The zero-order valence-electron chi connectivity index (χ0n) is 11.6. The third-order valence-electron chi connectivity index (χ3n) is 3.61. The Bertz CT molecular complexity index is 997. The molecule has 0 radical (unpaired) electrons. The third kappa shape index (κ3) is 2.13. The molecule has 2 aromatic carbocycles. The molecule has 0 fully saturated rings. The van der Waals surface area contributed by atoms with E-state index in [4.69, 9.17) is 0 Å². The first kappa shape index (κ1) is 13.3. The predicted octanol–water partition coefficient (Wildman–Crippen LogP) is 3.11. The van der Waals surface area contributed by atoms with E-state index >= 15 is 0 Å². The maximum atomic E-state index is 12.8. The van der Waals surface area contributed by atoms with Gasteiger partial charge in [-0.1, -0.05) is 0 Å². The van der Waals surface area contributed by atoms with Crippen molar-refractivity contribution >= 4 is 25.6 Å². The van der Waals surface area contributed by atoms with E-state index < -0.39 is 0 Å². The van der Waals surface area contributed by atoms with Gasteiger partial charge in [0.1, 0.15) is 0 Å². The summed E-state index contributed by atoms with van der Waals surface area (Å²) in [7, 11) is 0. The van der Waals surface area contributed by atoms with E-state index in [-0.39, 0.29) is 20.3 Å². The molecule has 0 aliphatic carbocycles. The average Bonchev–Trinajstić information content (AvgIpc) is 2.96. The van der Waals surface area contributed by atoms with Gasteiger partial charge >= 0.3 is 133 Å². The second-order valence-electron chi connectivity index (χ2n) is 4.95. The Morgan fingerprint density at radius 3 is 2.59 bits per heavy atom. The van der Waals surface area contributed by atoms with Crippen LogP contribution in [0.2, 0.25) is 0 Å². The number of hydrogen-bond donors (Lipinski definition) is 0. The first-order chi connectivity index (χ1) is 10.8. The first-order valence-electron chi connectivity index (χ1n) is 6.95. The van der Waals surface area contributed by atoms with Crippen LogP contribution in [0.4, 0.5) is 0 Å². The summed E-state index contributed by atoms with van der Waals surface area (Å²) < 4.78 is 1.85. The molecule has 0 aliphatic heterocycles. The van der Waals surface area contributed by atoms with Crippen molar-refractivity contribution in [1.29, 1.82) is 0 Å². The normalized spacial score (nSPS) is 10.9. The molecular weight excluding hydrogens is 339 g/mol. The SMILES string of the molecule is O=c1c(-c2ccccc2)c[se]n1-c1cccc2cccnc12. The molecule has 106 valence electrons. The summed E-state index contributed by atoms with van der Waals surface area (Å²) in [6.07, 6.45) is 1.77. The van der Waals surface area contributed by atoms with Gasteiger partial charge in [-0.15, -0.1) is 0 Å². The van der Waals surface area contributed by atoms with E-state index in [1.807, 2.05) is 69.2 Å². The van der Waals surface area contributed by atoms with Crippen molar-refractivity contribution in [3.63, 3.8) is 0 Å². The second kappa shape index (κ2) is 5.41. The average molecular weight is 351 g/mol. The minimum absolute atomic E-state index is 0.0337. The summed E-state index contributed by atoms with van der Waals surface area (Å²) in [6, 6.07) is 19.7. The molecular formula is C18H12N2OSe. The van der Waals surface area contributed by atoms with Crippen LogP contribution in [-0.2, 0) is 0 Å². The molecule has 0 amide bonds. The van der Waals surface area contributed by atoms with E-state index in [1.54, 1.807) is 6.20 Å². The monoisotopic (exact) mass is 352 g/mol. The van der Waals surface area contributed by atoms with Crippen LogP contribution in [0.25, 0.3) is 27.7 Å². The Morgan fingerprint density at radius 2 is 1.73 bits per heavy atom. The van der Waals surface area contributed by atoms with Crippen molar-refractivity contribution in [2.45, 2.75) is 0 Å². The first-order valence-corrected chi connectivity index (χ1v) is 8.71. The summed E-state index contributed by atoms with van der Waals surface area (Å²) in [5.41, 5.74) is 3.59. The second-order valence-corrected chi connectivity index (χ2v) is 6.66. The molecule has 4 heteroatoms. The number of hydrogen-bond acceptors (Lipinski definition) is 2. The quantitative estimate of drug-likeness (QED) is 0.520. The number of pyridine rings is 1. The number of para-hydroxylation sites is 1. The Labute approximate surface area is 133 Å². The van der Waals surface area contributed by atoms with Crippen LogP contribution in [0.1, 0.15) is 0 Å². The molecule has 0 saturated carbocycles. The minimum atomic E-state index is -0.0337. The van der Waals surface area contributed by atoms with Gasteiger partial charge in [0.15, 0.2) is 0 Å². The van der Waals surface area contributed by atoms with Gasteiger partial charge in [-0.3, -0.25) is 0 Å². The molecule has 0 spiro atoms. The van der Waals surface area contributed by atoms with Gasteiger partial charge in [0, 0.05) is 0 Å². The van der Waals surface area contributed by atoms with Crippen LogP contribution in [0.5, 0.6) is 0 Å². The zero-order valence-corrected chi connectivity index (χ0v) is 13.4. The topological polar surface area (TPSA) is 34.9 Å². The van der Waals surface area contributed by atoms with Crippen LogP contribution < -0.4 is 5.56 Å². The summed E-state index contributed by atoms with van der Waals surface area (Å²) in [6.45, 7) is 0. The van der Waals surface area contributed by atoms with Gasteiger partial charge in [0.05, 0.1) is 0 Å². The van der Waals surface area contributed by atoms with E-state index in [0.717, 1.165) is 27.7 Å². The van der Waals surface area contributed by atoms with Crippen molar-refractivity contribution < 1.29 is 0 Å². The number of aromatic nitrogens is 2. The molecule has 3 nitrogen and oxygen atoms in total. The fraction of sp³-hybridized carbons (Fsp3) is 0. The number of benzene rings is 2. The summed E-state index contributed by atoms with van der Waals surface area (Å²) in [4.78, 5) is 19.3. The third-order valence-corrected chi connectivity index (χ3v) is 5.52. The van der Waals surface area contributed by atoms with Crippen LogP contribution in [0.15, 0.2) is 76.6 Å². The Hall–Kier alpha value is -2.42. The fourth-order valence-corrected chi connectivity index (χ4v) is 4.43. The molecule has 2 aromatic heterocycles. The fourth-order valence-electron chi connectivity index (χ4n) is 2.54. The Morgan fingerprint density at radius 1 is 0.909 bits per heavy atom. The van der Waals surface area contributed by atoms with Crippen LogP contribution in [-0.4, -0.2) is 23.3 Å². The molecule has 0 aliphatic rings. The maximum absolute atomic E-state index is 12.8. The Balaban J connectivity index is 1.94. The summed E-state index contributed by atoms with van der Waals surface area (Å²) in [5.74, 6) is 0. The van der Waals surface area contributed by atoms with Crippen LogP contribution >= 0.6 is 0 Å². The van der Waals surface area contributed by atoms with Crippen LogP contribution in [0.3, 0.4) is 0 Å². The van der Waals surface area contributed by atoms with Gasteiger partial charge in [-0.25, -0.2) is 0 Å². The number of nitrogens with zero attached hydrogens (tertiary/aromatic N) is 2. The van der Waals surface area contributed by atoms with Gasteiger partial charge in [-0.2, -0.15) is 0 Å². The van der Waals surface area contributed by atoms with Crippen molar-refractivity contribution in [2.75, 3.05) is 0 Å². The zero-order chi connectivity index (χ0) is 14.9. The molecule has 0 bridgehead atoms. The van der Waals surface area contributed by atoms with Crippen molar-refractivity contribution in [3.05, 3.63) is 82.2 Å². The predicted molar refractivity (Wildman–Crippen MR) is 89.7 cm³/mol. The standard InChI is InChI=1S/C18H12N2OSe/c21-18-15(13-6-2-1-3-7-13)12-22-20(18)16-10-4-8-14-9-5-11-19-17(14)16/h1-12H. The van der Waals surface area contributed by atoms with E-state index in [0.29, 0.717) is 0 Å². The molecule has 4 aromatic rings. The molecule has 0 N–H and O–H groups in total. The van der Waals surface area contributed by atoms with Gasteiger partial charge < -0.3 is 0 Å². The molecule has 0 saturated heterocycles. The van der Waals surface area contributed by atoms with E-state index in [9.17, 15) is 4.79 Å². The summed E-state index contributed by atoms with van der Waals surface area (Å²) >= 11 is -0.0337.